The minimum Gasteiger partial charge on any atom is -0.438 e. The highest BCUT2D eigenvalue weighted by Gasteiger charge is 2.10. The van der Waals surface area contributed by atoms with E-state index < -0.39 is 5.91 Å². The molecule has 1 aromatic carbocycles. The van der Waals surface area contributed by atoms with Crippen molar-refractivity contribution in [1.29, 1.82) is 0 Å². The summed E-state index contributed by atoms with van der Waals surface area (Å²) in [6.45, 7) is 0. The summed E-state index contributed by atoms with van der Waals surface area (Å²) in [6.07, 6.45) is 1.41. The van der Waals surface area contributed by atoms with Gasteiger partial charge in [0.2, 0.25) is 5.88 Å². The standard InChI is InChI=1S/C14H12BrCl2N3O2/c1-20(2)14-10(15)6-9(22-14)7-18-19-13(21)8-3-4-11(16)12(17)5-8/h3-7H,1-2H3,(H,19,21)/b18-7+. The summed E-state index contributed by atoms with van der Waals surface area (Å²) >= 11 is 15.0. The fourth-order valence-corrected chi connectivity index (χ4v) is 2.56. The molecule has 0 fully saturated rings. The minimum absolute atomic E-state index is 0.309. The summed E-state index contributed by atoms with van der Waals surface area (Å²) in [5.41, 5.74) is 2.75. The van der Waals surface area contributed by atoms with Crippen LogP contribution in [0.3, 0.4) is 0 Å². The van der Waals surface area contributed by atoms with Crippen molar-refractivity contribution in [2.75, 3.05) is 19.0 Å². The number of carbonyl (C=O) groups is 1. The van der Waals surface area contributed by atoms with Crippen molar-refractivity contribution in [2.45, 2.75) is 0 Å². The molecule has 0 radical (unpaired) electrons. The number of hydrazone groups is 1. The van der Waals surface area contributed by atoms with E-state index in [0.717, 1.165) is 4.47 Å². The topological polar surface area (TPSA) is 57.8 Å². The van der Waals surface area contributed by atoms with E-state index in [9.17, 15) is 4.79 Å². The molecule has 0 aliphatic heterocycles. The van der Waals surface area contributed by atoms with Crippen molar-refractivity contribution < 1.29 is 9.21 Å². The Hall–Kier alpha value is -1.50. The van der Waals surface area contributed by atoms with E-state index in [2.05, 4.69) is 26.5 Å². The van der Waals surface area contributed by atoms with Crippen molar-refractivity contribution in [2.24, 2.45) is 5.10 Å². The van der Waals surface area contributed by atoms with Gasteiger partial charge in [0.15, 0.2) is 5.76 Å². The molecule has 1 aromatic heterocycles. The number of carbonyl (C=O) groups excluding carboxylic acids is 1. The highest BCUT2D eigenvalue weighted by molar-refractivity contribution is 9.10. The smallest absolute Gasteiger partial charge is 0.271 e. The molecular weight excluding hydrogens is 393 g/mol. The summed E-state index contributed by atoms with van der Waals surface area (Å²) in [7, 11) is 3.72. The van der Waals surface area contributed by atoms with Crippen LogP contribution >= 0.6 is 39.1 Å². The quantitative estimate of drug-likeness (QED) is 0.614. The third-order valence-electron chi connectivity index (χ3n) is 2.63. The van der Waals surface area contributed by atoms with Crippen molar-refractivity contribution in [3.05, 3.63) is 50.1 Å². The lowest BCUT2D eigenvalue weighted by Gasteiger charge is -2.07. The molecule has 0 unspecified atom stereocenters. The van der Waals surface area contributed by atoms with Crippen LogP contribution in [-0.2, 0) is 0 Å². The second-order valence-electron chi connectivity index (χ2n) is 4.52. The first kappa shape index (κ1) is 16.9. The zero-order valence-electron chi connectivity index (χ0n) is 11.7. The lowest BCUT2D eigenvalue weighted by atomic mass is 10.2. The Balaban J connectivity index is 2.04. The Bertz CT molecular complexity index is 729. The first-order valence-electron chi connectivity index (χ1n) is 6.13. The number of hydrogen-bond donors (Lipinski definition) is 1. The van der Waals surface area contributed by atoms with E-state index >= 15 is 0 Å². The molecule has 1 N–H and O–H groups in total. The number of nitrogens with one attached hydrogen (secondary N) is 1. The fraction of sp³-hybridized carbons (Fsp3) is 0.143. The Morgan fingerprint density at radius 3 is 2.64 bits per heavy atom. The maximum atomic E-state index is 11.9. The summed E-state index contributed by atoms with van der Waals surface area (Å²) in [5, 5.41) is 4.55. The van der Waals surface area contributed by atoms with Gasteiger partial charge in [-0.2, -0.15) is 5.10 Å². The van der Waals surface area contributed by atoms with Crippen LogP contribution in [0.15, 0.2) is 38.3 Å². The second-order valence-corrected chi connectivity index (χ2v) is 6.19. The lowest BCUT2D eigenvalue weighted by molar-refractivity contribution is 0.0955. The van der Waals surface area contributed by atoms with Crippen molar-refractivity contribution in [1.82, 2.24) is 5.43 Å². The number of halogens is 3. The highest BCUT2D eigenvalue weighted by Crippen LogP contribution is 2.27. The Morgan fingerprint density at radius 2 is 2.05 bits per heavy atom. The number of furan rings is 1. The molecular formula is C14H12BrCl2N3O2. The summed E-state index contributed by atoms with van der Waals surface area (Å²) in [5.74, 6) is 0.774. The van der Waals surface area contributed by atoms with Gasteiger partial charge in [-0.25, -0.2) is 5.43 Å². The van der Waals surface area contributed by atoms with E-state index in [1.165, 1.54) is 12.3 Å². The Labute approximate surface area is 146 Å². The monoisotopic (exact) mass is 403 g/mol. The summed E-state index contributed by atoms with van der Waals surface area (Å²) in [4.78, 5) is 13.7. The van der Waals surface area contributed by atoms with Crippen LogP contribution in [-0.4, -0.2) is 26.2 Å². The molecule has 116 valence electrons. The fourth-order valence-electron chi connectivity index (χ4n) is 1.60. The van der Waals surface area contributed by atoms with Crippen LogP contribution in [0.25, 0.3) is 0 Å². The average molecular weight is 405 g/mol. The van der Waals surface area contributed by atoms with E-state index in [1.54, 1.807) is 18.2 Å². The van der Waals surface area contributed by atoms with Crippen LogP contribution in [0.2, 0.25) is 10.0 Å². The molecule has 0 atom stereocenters. The van der Waals surface area contributed by atoms with Crippen molar-refractivity contribution >= 4 is 57.1 Å². The molecule has 2 rings (SSSR count). The number of hydrogen-bond acceptors (Lipinski definition) is 4. The van der Waals surface area contributed by atoms with Crippen molar-refractivity contribution in [3.8, 4) is 0 Å². The van der Waals surface area contributed by atoms with E-state index in [1.807, 2.05) is 19.0 Å². The molecule has 0 spiro atoms. The number of anilines is 1. The molecule has 5 nitrogen and oxygen atoms in total. The molecule has 0 bridgehead atoms. The summed E-state index contributed by atoms with van der Waals surface area (Å²) in [6, 6.07) is 6.34. The highest BCUT2D eigenvalue weighted by atomic mass is 79.9. The molecule has 8 heteroatoms. The predicted octanol–water partition coefficient (Wildman–Crippen LogP) is 4.18. The molecule has 1 amide bonds. The Morgan fingerprint density at radius 1 is 1.32 bits per heavy atom. The largest absolute Gasteiger partial charge is 0.438 e. The van der Waals surface area contributed by atoms with Gasteiger partial charge in [0.25, 0.3) is 5.91 Å². The van der Waals surface area contributed by atoms with Gasteiger partial charge in [0, 0.05) is 25.7 Å². The lowest BCUT2D eigenvalue weighted by Crippen LogP contribution is -2.17. The first-order valence-corrected chi connectivity index (χ1v) is 7.68. The first-order chi connectivity index (χ1) is 10.4. The second kappa shape index (κ2) is 7.17. The van der Waals surface area contributed by atoms with Crippen molar-refractivity contribution in [3.63, 3.8) is 0 Å². The molecule has 0 aliphatic rings. The van der Waals surface area contributed by atoms with E-state index in [4.69, 9.17) is 27.6 Å². The van der Waals surface area contributed by atoms with E-state index in [0.29, 0.717) is 27.3 Å². The zero-order valence-corrected chi connectivity index (χ0v) is 14.8. The Kier molecular flexibility index (Phi) is 5.50. The molecule has 2 aromatic rings. The van der Waals surface area contributed by atoms with Crippen LogP contribution in [0.4, 0.5) is 5.88 Å². The van der Waals surface area contributed by atoms with Crippen LogP contribution in [0.1, 0.15) is 16.1 Å². The molecule has 0 aliphatic carbocycles. The molecule has 22 heavy (non-hydrogen) atoms. The van der Waals surface area contributed by atoms with Crippen LogP contribution in [0, 0.1) is 0 Å². The SMILES string of the molecule is CN(C)c1oc(/C=N/NC(=O)c2ccc(Cl)c(Cl)c2)cc1Br. The normalized spacial score (nSPS) is 11.0. The molecule has 1 heterocycles. The number of benzene rings is 1. The average Bonchev–Trinajstić information content (AvgIpc) is 2.83. The maximum absolute atomic E-state index is 11.9. The number of amides is 1. The summed E-state index contributed by atoms with van der Waals surface area (Å²) < 4.78 is 6.34. The number of rotatable bonds is 4. The van der Waals surface area contributed by atoms with Gasteiger partial charge in [-0.1, -0.05) is 23.2 Å². The van der Waals surface area contributed by atoms with Crippen LogP contribution in [0.5, 0.6) is 0 Å². The zero-order chi connectivity index (χ0) is 16.3. The predicted molar refractivity (Wildman–Crippen MR) is 92.3 cm³/mol. The maximum Gasteiger partial charge on any atom is 0.271 e. The molecule has 0 saturated heterocycles. The molecule has 0 saturated carbocycles. The van der Waals surface area contributed by atoms with Gasteiger partial charge in [-0.05, 0) is 34.1 Å². The van der Waals surface area contributed by atoms with Gasteiger partial charge in [0.05, 0.1) is 20.7 Å². The van der Waals surface area contributed by atoms with E-state index in [-0.39, 0.29) is 0 Å². The third-order valence-corrected chi connectivity index (χ3v) is 3.94. The third kappa shape index (κ3) is 4.03. The van der Waals surface area contributed by atoms with Gasteiger partial charge in [-0.15, -0.1) is 0 Å². The minimum atomic E-state index is -0.395. The van der Waals surface area contributed by atoms with Gasteiger partial charge >= 0.3 is 0 Å². The van der Waals surface area contributed by atoms with Gasteiger partial charge in [0.1, 0.15) is 0 Å². The van der Waals surface area contributed by atoms with Crippen LogP contribution < -0.4 is 10.3 Å². The van der Waals surface area contributed by atoms with Gasteiger partial charge in [-0.3, -0.25) is 4.79 Å². The van der Waals surface area contributed by atoms with Gasteiger partial charge < -0.3 is 9.32 Å². The number of nitrogens with zero attached hydrogens (tertiary/aromatic N) is 2.